The molecule has 1 aliphatic heterocycles. The molecule has 6 nitrogen and oxygen atoms in total. The summed E-state index contributed by atoms with van der Waals surface area (Å²) in [5.41, 5.74) is 4.02. The number of amides is 3. The Bertz CT molecular complexity index is 936. The minimum atomic E-state index is -0.0150. The van der Waals surface area contributed by atoms with Gasteiger partial charge in [-0.15, -0.1) is 0 Å². The van der Waals surface area contributed by atoms with E-state index in [-0.39, 0.29) is 11.9 Å². The monoisotopic (exact) mass is 421 g/mol. The zero-order valence-electron chi connectivity index (χ0n) is 18.4. The highest BCUT2D eigenvalue weighted by atomic mass is 16.5. The second-order valence-electron chi connectivity index (χ2n) is 8.58. The van der Waals surface area contributed by atoms with E-state index in [0.717, 1.165) is 41.0 Å². The highest BCUT2D eigenvalue weighted by Gasteiger charge is 2.24. The van der Waals surface area contributed by atoms with Crippen LogP contribution in [-0.4, -0.2) is 36.0 Å². The van der Waals surface area contributed by atoms with Gasteiger partial charge < -0.3 is 19.9 Å². The summed E-state index contributed by atoms with van der Waals surface area (Å²) in [6.07, 6.45) is 4.51. The van der Waals surface area contributed by atoms with E-state index in [1.165, 1.54) is 12.8 Å². The Kier molecular flexibility index (Phi) is 6.44. The first kappa shape index (κ1) is 21.2. The molecule has 1 N–H and O–H groups in total. The van der Waals surface area contributed by atoms with Crippen LogP contribution in [0.3, 0.4) is 0 Å². The molecule has 2 aromatic carbocycles. The number of nitrogens with zero attached hydrogens (tertiary/aromatic N) is 2. The number of rotatable bonds is 4. The Morgan fingerprint density at radius 1 is 1.13 bits per heavy atom. The molecule has 2 aliphatic rings. The van der Waals surface area contributed by atoms with Crippen molar-refractivity contribution in [2.45, 2.75) is 58.7 Å². The molecule has 164 valence electrons. The molecule has 4 rings (SSSR count). The number of fused-ring (bicyclic) bond motifs is 1. The van der Waals surface area contributed by atoms with Crippen molar-refractivity contribution in [2.24, 2.45) is 0 Å². The minimum absolute atomic E-state index is 0.00684. The smallest absolute Gasteiger partial charge is 0.318 e. The number of aryl methyl sites for hydroxylation is 1. The van der Waals surface area contributed by atoms with Crippen molar-refractivity contribution < 1.29 is 14.3 Å². The highest BCUT2D eigenvalue weighted by Crippen LogP contribution is 2.27. The first-order valence-corrected chi connectivity index (χ1v) is 11.1. The summed E-state index contributed by atoms with van der Waals surface area (Å²) in [4.78, 5) is 28.7. The number of ether oxygens (including phenoxy) is 1. The summed E-state index contributed by atoms with van der Waals surface area (Å²) in [5.74, 6) is 0.803. The van der Waals surface area contributed by atoms with E-state index < -0.39 is 0 Å². The molecule has 0 radical (unpaired) electrons. The highest BCUT2D eigenvalue weighted by molar-refractivity contribution is 5.91. The molecule has 0 bridgehead atoms. The molecular weight excluding hydrogens is 390 g/mol. The predicted octanol–water partition coefficient (Wildman–Crippen LogP) is 4.39. The largest absolute Gasteiger partial charge is 0.491 e. The number of nitrogens with one attached hydrogen (secondary N) is 1. The van der Waals surface area contributed by atoms with Gasteiger partial charge in [0.15, 0.2) is 0 Å². The van der Waals surface area contributed by atoms with E-state index >= 15 is 0 Å². The van der Waals surface area contributed by atoms with Crippen molar-refractivity contribution in [3.8, 4) is 5.75 Å². The molecule has 0 saturated heterocycles. The van der Waals surface area contributed by atoms with Crippen LogP contribution in [-0.2, 0) is 17.9 Å². The van der Waals surface area contributed by atoms with Crippen LogP contribution in [0.2, 0.25) is 0 Å². The maximum Gasteiger partial charge on any atom is 0.318 e. The summed E-state index contributed by atoms with van der Waals surface area (Å²) >= 11 is 0. The molecule has 1 saturated carbocycles. The SMILES string of the molecule is CC(=O)N(Cc1ccc2c(c1)CN(C(=O)NC1CCCC1)CCO2)c1ccc(C)cc1. The fourth-order valence-corrected chi connectivity index (χ4v) is 4.35. The molecule has 0 spiro atoms. The van der Waals surface area contributed by atoms with E-state index in [2.05, 4.69) is 11.4 Å². The zero-order valence-corrected chi connectivity index (χ0v) is 18.4. The second-order valence-corrected chi connectivity index (χ2v) is 8.58. The average molecular weight is 422 g/mol. The minimum Gasteiger partial charge on any atom is -0.491 e. The molecule has 1 aliphatic carbocycles. The van der Waals surface area contributed by atoms with Gasteiger partial charge in [0, 0.05) is 24.2 Å². The third kappa shape index (κ3) is 5.19. The standard InChI is InChI=1S/C25H31N3O3/c1-18-7-10-23(11-8-18)28(19(2)29)16-20-9-12-24-21(15-20)17-27(13-14-31-24)25(30)26-22-5-3-4-6-22/h7-12,15,22H,3-6,13-14,16-17H2,1-2H3,(H,26,30). The van der Waals surface area contributed by atoms with Crippen molar-refractivity contribution >= 4 is 17.6 Å². The van der Waals surface area contributed by atoms with Crippen molar-refractivity contribution in [3.05, 3.63) is 59.2 Å². The third-order valence-electron chi connectivity index (χ3n) is 6.14. The van der Waals surface area contributed by atoms with Crippen molar-refractivity contribution in [3.63, 3.8) is 0 Å². The Hall–Kier alpha value is -3.02. The van der Waals surface area contributed by atoms with Gasteiger partial charge in [-0.1, -0.05) is 36.6 Å². The first-order chi connectivity index (χ1) is 15.0. The summed E-state index contributed by atoms with van der Waals surface area (Å²) < 4.78 is 5.90. The molecule has 3 amide bonds. The van der Waals surface area contributed by atoms with Gasteiger partial charge in [-0.05, 0) is 49.6 Å². The Labute approximate surface area is 184 Å². The second kappa shape index (κ2) is 9.41. The van der Waals surface area contributed by atoms with Gasteiger partial charge in [0.2, 0.25) is 5.91 Å². The molecule has 31 heavy (non-hydrogen) atoms. The predicted molar refractivity (Wildman–Crippen MR) is 121 cm³/mol. The lowest BCUT2D eigenvalue weighted by atomic mass is 10.1. The molecule has 1 heterocycles. The summed E-state index contributed by atoms with van der Waals surface area (Å²) in [6.45, 7) is 5.63. The maximum absolute atomic E-state index is 12.8. The van der Waals surface area contributed by atoms with Crippen LogP contribution < -0.4 is 15.0 Å². The van der Waals surface area contributed by atoms with E-state index in [1.54, 1.807) is 11.8 Å². The third-order valence-corrected chi connectivity index (χ3v) is 6.14. The number of benzene rings is 2. The lowest BCUT2D eigenvalue weighted by Crippen LogP contribution is -2.44. The molecule has 6 heteroatoms. The van der Waals surface area contributed by atoms with E-state index in [0.29, 0.717) is 32.3 Å². The number of urea groups is 1. The number of carbonyl (C=O) groups excluding carboxylic acids is 2. The quantitative estimate of drug-likeness (QED) is 0.796. The Balaban J connectivity index is 1.50. The van der Waals surface area contributed by atoms with Crippen LogP contribution in [0, 0.1) is 6.92 Å². The van der Waals surface area contributed by atoms with Gasteiger partial charge in [0.25, 0.3) is 0 Å². The number of anilines is 1. The van der Waals surface area contributed by atoms with E-state index in [9.17, 15) is 9.59 Å². The lowest BCUT2D eigenvalue weighted by Gasteiger charge is -2.24. The lowest BCUT2D eigenvalue weighted by molar-refractivity contribution is -0.116. The first-order valence-electron chi connectivity index (χ1n) is 11.1. The van der Waals surface area contributed by atoms with E-state index in [4.69, 9.17) is 4.74 Å². The molecule has 0 atom stereocenters. The van der Waals surface area contributed by atoms with E-state index in [1.807, 2.05) is 48.2 Å². The fraction of sp³-hybridized carbons (Fsp3) is 0.440. The zero-order chi connectivity index (χ0) is 21.8. The summed E-state index contributed by atoms with van der Waals surface area (Å²) in [6, 6.07) is 14.2. The van der Waals surface area contributed by atoms with Gasteiger partial charge in [-0.25, -0.2) is 4.79 Å². The maximum atomic E-state index is 12.8. The Morgan fingerprint density at radius 3 is 2.58 bits per heavy atom. The number of hydrogen-bond acceptors (Lipinski definition) is 3. The molecular formula is C25H31N3O3. The van der Waals surface area contributed by atoms with Gasteiger partial charge >= 0.3 is 6.03 Å². The van der Waals surface area contributed by atoms with Crippen LogP contribution in [0.5, 0.6) is 5.75 Å². The van der Waals surface area contributed by atoms with Crippen molar-refractivity contribution in [2.75, 3.05) is 18.1 Å². The van der Waals surface area contributed by atoms with Crippen LogP contribution in [0.1, 0.15) is 49.3 Å². The summed E-state index contributed by atoms with van der Waals surface area (Å²) in [7, 11) is 0. The number of carbonyl (C=O) groups is 2. The van der Waals surface area contributed by atoms with Crippen LogP contribution >= 0.6 is 0 Å². The van der Waals surface area contributed by atoms with Gasteiger partial charge in [0.1, 0.15) is 12.4 Å². The molecule has 2 aromatic rings. The van der Waals surface area contributed by atoms with Gasteiger partial charge in [-0.2, -0.15) is 0 Å². The average Bonchev–Trinajstić information content (AvgIpc) is 3.16. The van der Waals surface area contributed by atoms with Crippen LogP contribution in [0.25, 0.3) is 0 Å². The van der Waals surface area contributed by atoms with Gasteiger partial charge in [-0.3, -0.25) is 4.79 Å². The van der Waals surface area contributed by atoms with Crippen molar-refractivity contribution in [1.29, 1.82) is 0 Å². The Morgan fingerprint density at radius 2 is 1.87 bits per heavy atom. The molecule has 0 unspecified atom stereocenters. The number of hydrogen-bond donors (Lipinski definition) is 1. The summed E-state index contributed by atoms with van der Waals surface area (Å²) in [5, 5.41) is 3.17. The van der Waals surface area contributed by atoms with Crippen LogP contribution in [0.4, 0.5) is 10.5 Å². The van der Waals surface area contributed by atoms with Crippen LogP contribution in [0.15, 0.2) is 42.5 Å². The molecule has 0 aromatic heterocycles. The van der Waals surface area contributed by atoms with Crippen molar-refractivity contribution in [1.82, 2.24) is 10.2 Å². The topological polar surface area (TPSA) is 61.9 Å². The molecule has 1 fully saturated rings. The fourth-order valence-electron chi connectivity index (χ4n) is 4.35. The normalized spacial score (nSPS) is 16.3. The van der Waals surface area contributed by atoms with Gasteiger partial charge in [0.05, 0.1) is 19.6 Å².